The molecule has 0 spiro atoms. The summed E-state index contributed by atoms with van der Waals surface area (Å²) in [5.74, 6) is -0.465. The summed E-state index contributed by atoms with van der Waals surface area (Å²) in [5.41, 5.74) is -0.141. The van der Waals surface area contributed by atoms with E-state index in [-0.39, 0.29) is 11.4 Å². The first kappa shape index (κ1) is 8.06. The number of rotatable bonds is 0. The highest BCUT2D eigenvalue weighted by molar-refractivity contribution is 5.84. The second-order valence-corrected chi connectivity index (χ2v) is 3.60. The Kier molecular flexibility index (Phi) is 1.63. The molecule has 0 aromatic carbocycles. The van der Waals surface area contributed by atoms with Crippen molar-refractivity contribution in [3.8, 4) is 6.07 Å². The van der Waals surface area contributed by atoms with E-state index >= 15 is 0 Å². The lowest BCUT2D eigenvalue weighted by Gasteiger charge is -2.26. The van der Waals surface area contributed by atoms with E-state index in [1.807, 2.05) is 19.9 Å². The molecule has 0 aliphatic carbocycles. The minimum absolute atomic E-state index is 0.0440. The van der Waals surface area contributed by atoms with Crippen molar-refractivity contribution in [2.24, 2.45) is 5.92 Å². The van der Waals surface area contributed by atoms with Gasteiger partial charge in [0, 0.05) is 12.6 Å². The molecule has 1 atom stereocenters. The van der Waals surface area contributed by atoms with Crippen molar-refractivity contribution < 1.29 is 4.79 Å². The largest absolute Gasteiger partial charge is 0.339 e. The highest BCUT2D eigenvalue weighted by atomic mass is 16.2. The van der Waals surface area contributed by atoms with E-state index in [9.17, 15) is 4.79 Å². The Bertz CT molecular complexity index is 227. The average molecular weight is 152 g/mol. The SMILES string of the molecule is CN1C(=O)C(C#N)CC1(C)C. The number of carbonyl (C=O) groups is 1. The minimum Gasteiger partial charge on any atom is -0.339 e. The molecule has 1 saturated heterocycles. The predicted molar refractivity (Wildman–Crippen MR) is 40.6 cm³/mol. The zero-order valence-corrected chi connectivity index (χ0v) is 7.09. The van der Waals surface area contributed by atoms with Crippen LogP contribution < -0.4 is 0 Å². The monoisotopic (exact) mass is 152 g/mol. The Hall–Kier alpha value is -1.04. The number of hydrogen-bond acceptors (Lipinski definition) is 2. The van der Waals surface area contributed by atoms with Crippen molar-refractivity contribution in [3.05, 3.63) is 0 Å². The molecular weight excluding hydrogens is 140 g/mol. The molecule has 3 heteroatoms. The number of nitriles is 1. The fourth-order valence-electron chi connectivity index (χ4n) is 1.36. The molecule has 0 bridgehead atoms. The number of likely N-dealkylation sites (tertiary alicyclic amines) is 1. The topological polar surface area (TPSA) is 44.1 Å². The minimum atomic E-state index is -0.421. The van der Waals surface area contributed by atoms with Crippen LogP contribution in [-0.4, -0.2) is 23.4 Å². The van der Waals surface area contributed by atoms with Crippen molar-refractivity contribution in [3.63, 3.8) is 0 Å². The molecule has 3 nitrogen and oxygen atoms in total. The number of hydrogen-bond donors (Lipinski definition) is 0. The lowest BCUT2D eigenvalue weighted by Crippen LogP contribution is -2.37. The molecule has 60 valence electrons. The number of nitrogens with zero attached hydrogens (tertiary/aromatic N) is 2. The van der Waals surface area contributed by atoms with Gasteiger partial charge >= 0.3 is 0 Å². The molecule has 1 heterocycles. The van der Waals surface area contributed by atoms with E-state index in [0.29, 0.717) is 6.42 Å². The van der Waals surface area contributed by atoms with Gasteiger partial charge in [-0.15, -0.1) is 0 Å². The Morgan fingerprint density at radius 3 is 2.45 bits per heavy atom. The summed E-state index contributed by atoms with van der Waals surface area (Å²) in [5, 5.41) is 8.59. The Morgan fingerprint density at radius 2 is 2.27 bits per heavy atom. The van der Waals surface area contributed by atoms with Crippen LogP contribution in [0.3, 0.4) is 0 Å². The molecule has 0 N–H and O–H groups in total. The fourth-order valence-corrected chi connectivity index (χ4v) is 1.36. The first-order valence-corrected chi connectivity index (χ1v) is 3.66. The van der Waals surface area contributed by atoms with E-state index in [0.717, 1.165) is 0 Å². The zero-order chi connectivity index (χ0) is 8.65. The van der Waals surface area contributed by atoms with Gasteiger partial charge in [-0.2, -0.15) is 5.26 Å². The fraction of sp³-hybridized carbons (Fsp3) is 0.750. The van der Waals surface area contributed by atoms with Crippen LogP contribution in [0.5, 0.6) is 0 Å². The third-order valence-corrected chi connectivity index (χ3v) is 2.40. The number of amides is 1. The lowest BCUT2D eigenvalue weighted by molar-refractivity contribution is -0.130. The molecule has 1 aliphatic rings. The molecule has 0 aromatic heterocycles. The van der Waals surface area contributed by atoms with Crippen LogP contribution >= 0.6 is 0 Å². The molecule has 1 fully saturated rings. The van der Waals surface area contributed by atoms with Gasteiger partial charge in [-0.25, -0.2) is 0 Å². The summed E-state index contributed by atoms with van der Waals surface area (Å²) in [6, 6.07) is 2.01. The van der Waals surface area contributed by atoms with Gasteiger partial charge in [0.05, 0.1) is 6.07 Å². The Morgan fingerprint density at radius 1 is 1.73 bits per heavy atom. The van der Waals surface area contributed by atoms with Gasteiger partial charge < -0.3 is 4.90 Å². The highest BCUT2D eigenvalue weighted by Gasteiger charge is 2.42. The van der Waals surface area contributed by atoms with Crippen LogP contribution in [0.2, 0.25) is 0 Å². The summed E-state index contributed by atoms with van der Waals surface area (Å²) in [7, 11) is 1.75. The average Bonchev–Trinajstić information content (AvgIpc) is 2.13. The van der Waals surface area contributed by atoms with Gasteiger partial charge in [0.15, 0.2) is 0 Å². The third-order valence-electron chi connectivity index (χ3n) is 2.40. The van der Waals surface area contributed by atoms with E-state index < -0.39 is 5.92 Å². The van der Waals surface area contributed by atoms with E-state index in [1.165, 1.54) is 0 Å². The summed E-state index contributed by atoms with van der Waals surface area (Å²) in [6.45, 7) is 3.95. The zero-order valence-electron chi connectivity index (χ0n) is 7.09. The second kappa shape index (κ2) is 2.23. The van der Waals surface area contributed by atoms with Gasteiger partial charge in [-0.05, 0) is 20.3 Å². The maximum Gasteiger partial charge on any atom is 0.240 e. The molecular formula is C8H12N2O. The maximum absolute atomic E-state index is 11.3. The van der Waals surface area contributed by atoms with Crippen LogP contribution in [0.15, 0.2) is 0 Å². The number of carbonyl (C=O) groups excluding carboxylic acids is 1. The van der Waals surface area contributed by atoms with Gasteiger partial charge in [0.2, 0.25) is 5.91 Å². The van der Waals surface area contributed by atoms with Crippen molar-refractivity contribution in [2.75, 3.05) is 7.05 Å². The standard InChI is InChI=1S/C8H12N2O/c1-8(2)4-6(5-9)7(11)10(8)3/h6H,4H2,1-3H3. The molecule has 1 amide bonds. The van der Waals surface area contributed by atoms with E-state index in [4.69, 9.17) is 5.26 Å². The molecule has 1 unspecified atom stereocenters. The summed E-state index contributed by atoms with van der Waals surface area (Å²) in [4.78, 5) is 12.9. The summed E-state index contributed by atoms with van der Waals surface area (Å²) in [6.07, 6.45) is 0.652. The van der Waals surface area contributed by atoms with Gasteiger partial charge in [-0.3, -0.25) is 4.79 Å². The maximum atomic E-state index is 11.3. The molecule has 0 radical (unpaired) electrons. The van der Waals surface area contributed by atoms with E-state index in [2.05, 4.69) is 0 Å². The van der Waals surface area contributed by atoms with Crippen LogP contribution in [0.4, 0.5) is 0 Å². The Labute approximate surface area is 66.6 Å². The van der Waals surface area contributed by atoms with Gasteiger partial charge in [0.1, 0.15) is 5.92 Å². The predicted octanol–water partition coefficient (Wildman–Crippen LogP) is 0.767. The van der Waals surface area contributed by atoms with Crippen molar-refractivity contribution >= 4 is 5.91 Å². The second-order valence-electron chi connectivity index (χ2n) is 3.60. The van der Waals surface area contributed by atoms with Gasteiger partial charge in [-0.1, -0.05) is 0 Å². The van der Waals surface area contributed by atoms with Crippen molar-refractivity contribution in [1.82, 2.24) is 4.90 Å². The molecule has 1 aliphatic heterocycles. The Balaban J connectivity index is 2.88. The first-order chi connectivity index (χ1) is 4.99. The van der Waals surface area contributed by atoms with E-state index in [1.54, 1.807) is 11.9 Å². The van der Waals surface area contributed by atoms with Crippen molar-refractivity contribution in [2.45, 2.75) is 25.8 Å². The highest BCUT2D eigenvalue weighted by Crippen LogP contribution is 2.31. The van der Waals surface area contributed by atoms with Crippen LogP contribution in [-0.2, 0) is 4.79 Å². The van der Waals surface area contributed by atoms with Gasteiger partial charge in [0.25, 0.3) is 0 Å². The first-order valence-electron chi connectivity index (χ1n) is 3.66. The summed E-state index contributed by atoms with van der Waals surface area (Å²) < 4.78 is 0. The lowest BCUT2D eigenvalue weighted by atomic mass is 9.97. The third kappa shape index (κ3) is 1.09. The molecule has 0 aromatic rings. The smallest absolute Gasteiger partial charge is 0.240 e. The quantitative estimate of drug-likeness (QED) is 0.514. The normalized spacial score (nSPS) is 28.7. The van der Waals surface area contributed by atoms with Crippen LogP contribution in [0.1, 0.15) is 20.3 Å². The molecule has 11 heavy (non-hydrogen) atoms. The molecule has 0 saturated carbocycles. The van der Waals surface area contributed by atoms with Crippen molar-refractivity contribution in [1.29, 1.82) is 5.26 Å². The molecule has 1 rings (SSSR count). The van der Waals surface area contributed by atoms with Crippen LogP contribution in [0, 0.1) is 17.2 Å². The van der Waals surface area contributed by atoms with Crippen LogP contribution in [0.25, 0.3) is 0 Å². The summed E-state index contributed by atoms with van der Waals surface area (Å²) >= 11 is 0.